The van der Waals surface area contributed by atoms with Gasteiger partial charge in [-0.2, -0.15) is 0 Å². The minimum atomic E-state index is 0. The predicted molar refractivity (Wildman–Crippen MR) is 116 cm³/mol. The number of amides is 1. The quantitative estimate of drug-likeness (QED) is 0.623. The number of pyridine rings is 1. The molecule has 0 aliphatic carbocycles. The van der Waals surface area contributed by atoms with E-state index in [0.717, 1.165) is 55.2 Å². The fourth-order valence-corrected chi connectivity index (χ4v) is 3.99. The van der Waals surface area contributed by atoms with Gasteiger partial charge < -0.3 is 10.6 Å². The lowest BCUT2D eigenvalue weighted by atomic mass is 9.93. The largest absolute Gasteiger partial charge is 0.356 e. The Bertz CT molecular complexity index is 663. The van der Waals surface area contributed by atoms with E-state index in [0.29, 0.717) is 12.3 Å². The van der Waals surface area contributed by atoms with E-state index >= 15 is 0 Å². The summed E-state index contributed by atoms with van der Waals surface area (Å²) < 4.78 is 0. The Kier molecular flexibility index (Phi) is 11.5. The van der Waals surface area contributed by atoms with Crippen LogP contribution < -0.4 is 10.6 Å². The molecule has 0 atom stereocenters. The van der Waals surface area contributed by atoms with Gasteiger partial charge in [-0.1, -0.05) is 0 Å². The zero-order valence-corrected chi connectivity index (χ0v) is 17.8. The van der Waals surface area contributed by atoms with Gasteiger partial charge >= 0.3 is 0 Å². The second-order valence-corrected chi connectivity index (χ2v) is 7.49. The van der Waals surface area contributed by atoms with Crippen molar-refractivity contribution < 1.29 is 4.79 Å². The third-order valence-corrected chi connectivity index (χ3v) is 5.56. The first-order chi connectivity index (χ1) is 12.3. The molecule has 8 heteroatoms. The minimum absolute atomic E-state index is 0. The number of carbonyl (C=O) groups excluding carboxylic acids is 1. The number of aromatic nitrogens is 2. The van der Waals surface area contributed by atoms with Gasteiger partial charge in [-0.15, -0.1) is 36.2 Å². The summed E-state index contributed by atoms with van der Waals surface area (Å²) in [5.74, 6) is 0.907. The van der Waals surface area contributed by atoms with Gasteiger partial charge in [-0.05, 0) is 56.8 Å². The fraction of sp³-hybridized carbons (Fsp3) is 0.526. The molecule has 1 saturated heterocycles. The lowest BCUT2D eigenvalue weighted by molar-refractivity contribution is -0.121. The lowest BCUT2D eigenvalue weighted by Crippen LogP contribution is -2.29. The van der Waals surface area contributed by atoms with E-state index in [2.05, 4.69) is 26.0 Å². The molecule has 0 aromatic carbocycles. The highest BCUT2D eigenvalue weighted by molar-refractivity contribution is 7.09. The van der Waals surface area contributed by atoms with Gasteiger partial charge in [0.25, 0.3) is 0 Å². The molecule has 0 unspecified atom stereocenters. The third kappa shape index (κ3) is 8.13. The van der Waals surface area contributed by atoms with Crippen LogP contribution in [-0.2, 0) is 11.2 Å². The first-order valence-electron chi connectivity index (χ1n) is 9.13. The van der Waals surface area contributed by atoms with Crippen LogP contribution in [0.1, 0.15) is 37.1 Å². The number of piperidine rings is 1. The SMILES string of the molecule is Cl.Cl.O=C(CCC1CCNCC1)NCCCc1nc(-c2ccncc2)cs1. The van der Waals surface area contributed by atoms with Crippen LogP contribution in [-0.4, -0.2) is 35.5 Å². The van der Waals surface area contributed by atoms with E-state index in [1.165, 1.54) is 12.8 Å². The number of carbonyl (C=O) groups is 1. The van der Waals surface area contributed by atoms with Crippen LogP contribution in [0.4, 0.5) is 0 Å². The Balaban J connectivity index is 0.00000182. The van der Waals surface area contributed by atoms with Crippen molar-refractivity contribution in [1.29, 1.82) is 0 Å². The van der Waals surface area contributed by atoms with Crippen LogP contribution in [0.25, 0.3) is 11.3 Å². The van der Waals surface area contributed by atoms with Crippen LogP contribution in [0.2, 0.25) is 0 Å². The fourth-order valence-electron chi connectivity index (χ4n) is 3.14. The van der Waals surface area contributed by atoms with Crippen LogP contribution in [0.3, 0.4) is 0 Å². The Labute approximate surface area is 177 Å². The first-order valence-corrected chi connectivity index (χ1v) is 10.0. The number of rotatable bonds is 8. The zero-order chi connectivity index (χ0) is 17.3. The second kappa shape index (κ2) is 13.0. The highest BCUT2D eigenvalue weighted by Crippen LogP contribution is 2.21. The number of hydrogen-bond donors (Lipinski definition) is 2. The number of nitrogens with zero attached hydrogens (tertiary/aromatic N) is 2. The Morgan fingerprint density at radius 2 is 1.96 bits per heavy atom. The molecule has 5 nitrogen and oxygen atoms in total. The summed E-state index contributed by atoms with van der Waals surface area (Å²) in [5, 5.41) is 9.61. The molecule has 2 aromatic rings. The van der Waals surface area contributed by atoms with E-state index in [-0.39, 0.29) is 30.7 Å². The van der Waals surface area contributed by atoms with E-state index in [1.807, 2.05) is 12.1 Å². The van der Waals surface area contributed by atoms with Crippen molar-refractivity contribution in [2.45, 2.75) is 38.5 Å². The molecule has 1 amide bonds. The monoisotopic (exact) mass is 430 g/mol. The number of thiazole rings is 1. The van der Waals surface area contributed by atoms with Crippen LogP contribution >= 0.6 is 36.2 Å². The van der Waals surface area contributed by atoms with Gasteiger partial charge in [-0.3, -0.25) is 9.78 Å². The Morgan fingerprint density at radius 3 is 2.70 bits per heavy atom. The molecule has 0 spiro atoms. The molecule has 2 N–H and O–H groups in total. The lowest BCUT2D eigenvalue weighted by Gasteiger charge is -2.22. The molecule has 150 valence electrons. The first kappa shape index (κ1) is 23.8. The van der Waals surface area contributed by atoms with Crippen molar-refractivity contribution >= 4 is 42.1 Å². The predicted octanol–water partition coefficient (Wildman–Crippen LogP) is 3.88. The van der Waals surface area contributed by atoms with Gasteiger partial charge in [0.1, 0.15) is 0 Å². The summed E-state index contributed by atoms with van der Waals surface area (Å²) in [6, 6.07) is 3.95. The Hall–Kier alpha value is -1.21. The van der Waals surface area contributed by atoms with Crippen molar-refractivity contribution in [2.24, 2.45) is 5.92 Å². The maximum atomic E-state index is 11.9. The Morgan fingerprint density at radius 1 is 1.22 bits per heavy atom. The molecule has 3 heterocycles. The zero-order valence-electron chi connectivity index (χ0n) is 15.4. The highest BCUT2D eigenvalue weighted by Gasteiger charge is 2.14. The summed E-state index contributed by atoms with van der Waals surface area (Å²) in [6.07, 6.45) is 9.51. The molecule has 0 radical (unpaired) electrons. The van der Waals surface area contributed by atoms with Gasteiger partial charge in [0, 0.05) is 42.7 Å². The maximum Gasteiger partial charge on any atom is 0.220 e. The van der Waals surface area contributed by atoms with Crippen LogP contribution in [0.5, 0.6) is 0 Å². The molecule has 1 aliphatic heterocycles. The van der Waals surface area contributed by atoms with Gasteiger partial charge in [0.15, 0.2) is 0 Å². The van der Waals surface area contributed by atoms with Crippen molar-refractivity contribution in [3.05, 3.63) is 34.9 Å². The third-order valence-electron chi connectivity index (χ3n) is 4.66. The van der Waals surface area contributed by atoms with Gasteiger partial charge in [-0.25, -0.2) is 4.98 Å². The molecule has 0 bridgehead atoms. The molecule has 0 saturated carbocycles. The summed E-state index contributed by atoms with van der Waals surface area (Å²) in [6.45, 7) is 2.93. The van der Waals surface area contributed by atoms with Crippen molar-refractivity contribution in [3.8, 4) is 11.3 Å². The van der Waals surface area contributed by atoms with Crippen molar-refractivity contribution in [2.75, 3.05) is 19.6 Å². The van der Waals surface area contributed by atoms with Gasteiger partial charge in [0.2, 0.25) is 5.91 Å². The maximum absolute atomic E-state index is 11.9. The minimum Gasteiger partial charge on any atom is -0.356 e. The summed E-state index contributed by atoms with van der Waals surface area (Å²) in [5.41, 5.74) is 2.11. The second-order valence-electron chi connectivity index (χ2n) is 6.55. The normalized spacial score (nSPS) is 14.1. The molecular weight excluding hydrogens is 403 g/mol. The standard InChI is InChI=1S/C19H26N4OS.2ClH/c24-18(4-3-15-5-10-20-11-6-15)22-9-1-2-19-23-17(14-25-19)16-7-12-21-13-8-16;;/h7-8,12-15,20H,1-6,9-11H2,(H,22,24);2*1H. The number of hydrogen-bond acceptors (Lipinski definition) is 5. The smallest absolute Gasteiger partial charge is 0.220 e. The number of nitrogens with one attached hydrogen (secondary N) is 2. The summed E-state index contributed by atoms with van der Waals surface area (Å²) in [4.78, 5) is 20.6. The molecule has 27 heavy (non-hydrogen) atoms. The molecule has 1 fully saturated rings. The van der Waals surface area contributed by atoms with Gasteiger partial charge in [0.05, 0.1) is 10.7 Å². The van der Waals surface area contributed by atoms with E-state index in [1.54, 1.807) is 23.7 Å². The topological polar surface area (TPSA) is 66.9 Å². The van der Waals surface area contributed by atoms with E-state index < -0.39 is 0 Å². The number of aryl methyl sites for hydroxylation is 1. The molecule has 2 aromatic heterocycles. The molecule has 3 rings (SSSR count). The summed E-state index contributed by atoms with van der Waals surface area (Å²) in [7, 11) is 0. The van der Waals surface area contributed by atoms with Crippen molar-refractivity contribution in [1.82, 2.24) is 20.6 Å². The summed E-state index contributed by atoms with van der Waals surface area (Å²) >= 11 is 1.68. The molecular formula is C19H28Cl2N4OS. The van der Waals surface area contributed by atoms with E-state index in [9.17, 15) is 4.79 Å². The number of halogens is 2. The van der Waals surface area contributed by atoms with Crippen LogP contribution in [0, 0.1) is 5.92 Å². The van der Waals surface area contributed by atoms with Crippen LogP contribution in [0.15, 0.2) is 29.9 Å². The highest BCUT2D eigenvalue weighted by atomic mass is 35.5. The molecule has 1 aliphatic rings. The van der Waals surface area contributed by atoms with E-state index in [4.69, 9.17) is 0 Å². The average Bonchev–Trinajstić information content (AvgIpc) is 3.14. The average molecular weight is 431 g/mol. The van der Waals surface area contributed by atoms with Crippen molar-refractivity contribution in [3.63, 3.8) is 0 Å².